The van der Waals surface area contributed by atoms with Gasteiger partial charge in [-0.3, -0.25) is 6.08 Å². The first-order valence-corrected chi connectivity index (χ1v) is 7.84. The second-order valence-electron chi connectivity index (χ2n) is 5.64. The number of halogens is 2. The summed E-state index contributed by atoms with van der Waals surface area (Å²) in [4.78, 5) is 0. The first kappa shape index (κ1) is 22.6. The second-order valence-corrected chi connectivity index (χ2v) is 5.64. The fraction of sp³-hybridized carbons (Fsp3) is 0.0455. The monoisotopic (exact) mass is 455 g/mol. The number of nitrogens with zero attached hydrogens (tertiary/aromatic N) is 1. The van der Waals surface area contributed by atoms with Crippen molar-refractivity contribution in [3.8, 4) is 5.69 Å². The number of hydrogen-bond donors (Lipinski definition) is 0. The van der Waals surface area contributed by atoms with Gasteiger partial charge in [0.2, 0.25) is 0 Å². The molecule has 4 aromatic rings. The predicted octanol–water partition coefficient (Wildman–Crippen LogP) is -0.186. The Morgan fingerprint density at radius 3 is 1.96 bits per heavy atom. The largest absolute Gasteiger partial charge is 4.00 e. The Morgan fingerprint density at radius 1 is 0.846 bits per heavy atom. The maximum absolute atomic E-state index is 2.99. The van der Waals surface area contributed by atoms with Crippen LogP contribution in [0, 0.1) is 6.08 Å². The molecule has 1 aliphatic rings. The summed E-state index contributed by atoms with van der Waals surface area (Å²) in [5.74, 6) is 0. The molecule has 1 nitrogen and oxygen atoms in total. The maximum Gasteiger partial charge on any atom is 4.00 e. The van der Waals surface area contributed by atoms with Crippen LogP contribution in [0.25, 0.3) is 27.2 Å². The molecule has 5 rings (SSSR count). The Balaban J connectivity index is 0.000000372. The Bertz CT molecular complexity index is 863. The fourth-order valence-electron chi connectivity index (χ4n) is 2.86. The number of hydrogen-bond acceptors (Lipinski definition) is 0. The van der Waals surface area contributed by atoms with Crippen molar-refractivity contribution in [2.24, 2.45) is 0 Å². The van der Waals surface area contributed by atoms with Crippen LogP contribution in [0.4, 0.5) is 0 Å². The SMILES string of the molecule is [C-]1=CC=CC1.[Cl-].[Cl-].[Zr+4].c1ccc2cn(-c3cc4ccccc4[cH-]3)cc2c1. The van der Waals surface area contributed by atoms with Crippen LogP contribution in [0.5, 0.6) is 0 Å². The van der Waals surface area contributed by atoms with Crippen molar-refractivity contribution in [1.82, 2.24) is 4.57 Å². The molecule has 1 aliphatic carbocycles. The van der Waals surface area contributed by atoms with Gasteiger partial charge in [-0.25, -0.2) is 12.2 Å². The van der Waals surface area contributed by atoms with Gasteiger partial charge >= 0.3 is 26.2 Å². The number of fused-ring (bicyclic) bond motifs is 2. The molecule has 4 heteroatoms. The molecule has 0 spiro atoms. The smallest absolute Gasteiger partial charge is 1.00 e. The summed E-state index contributed by atoms with van der Waals surface area (Å²) in [6.07, 6.45) is 14.4. The maximum atomic E-state index is 2.99. The van der Waals surface area contributed by atoms with Gasteiger partial charge in [-0.15, -0.1) is 47.5 Å². The van der Waals surface area contributed by atoms with Gasteiger partial charge in [0.1, 0.15) is 0 Å². The van der Waals surface area contributed by atoms with Crippen LogP contribution in [0.2, 0.25) is 0 Å². The zero-order chi connectivity index (χ0) is 15.5. The molecule has 0 aliphatic heterocycles. The molecule has 128 valence electrons. The minimum atomic E-state index is 0. The van der Waals surface area contributed by atoms with Crippen LogP contribution in [-0.4, -0.2) is 4.57 Å². The summed E-state index contributed by atoms with van der Waals surface area (Å²) in [5, 5.41) is 5.15. The fourth-order valence-corrected chi connectivity index (χ4v) is 2.86. The Morgan fingerprint density at radius 2 is 1.46 bits per heavy atom. The van der Waals surface area contributed by atoms with E-state index in [1.807, 2.05) is 12.2 Å². The van der Waals surface area contributed by atoms with Crippen molar-refractivity contribution in [3.63, 3.8) is 0 Å². The van der Waals surface area contributed by atoms with E-state index in [4.69, 9.17) is 0 Å². The van der Waals surface area contributed by atoms with E-state index >= 15 is 0 Å². The summed E-state index contributed by atoms with van der Waals surface area (Å²) < 4.78 is 2.20. The van der Waals surface area contributed by atoms with Crippen molar-refractivity contribution in [2.75, 3.05) is 0 Å². The van der Waals surface area contributed by atoms with E-state index in [9.17, 15) is 0 Å². The van der Waals surface area contributed by atoms with Gasteiger partial charge in [0.05, 0.1) is 0 Å². The van der Waals surface area contributed by atoms with Crippen LogP contribution in [0.15, 0.2) is 91.3 Å². The standard InChI is InChI=1S/C17H12N.C5H5.2ClH.Zr/c1-2-6-14-10-17(9-13(14)5-1)18-11-15-7-3-4-8-16(15)12-18;1-2-4-5-3-1;;;/h1-12H;1-3H,4H2;2*1H;/q2*-1;;;+4/p-2. The van der Waals surface area contributed by atoms with Crippen molar-refractivity contribution in [1.29, 1.82) is 0 Å². The minimum Gasteiger partial charge on any atom is -1.00 e. The molecule has 0 unspecified atom stereocenters. The predicted molar refractivity (Wildman–Crippen MR) is 97.9 cm³/mol. The van der Waals surface area contributed by atoms with Gasteiger partial charge in [0, 0.05) is 12.4 Å². The topological polar surface area (TPSA) is 4.93 Å². The molecule has 0 bridgehead atoms. The first-order chi connectivity index (χ1) is 11.4. The van der Waals surface area contributed by atoms with Crippen molar-refractivity contribution in [2.45, 2.75) is 6.42 Å². The second kappa shape index (κ2) is 10.6. The summed E-state index contributed by atoms with van der Waals surface area (Å²) in [5.41, 5.74) is 1.23. The van der Waals surface area contributed by atoms with Crippen LogP contribution >= 0.6 is 0 Å². The van der Waals surface area contributed by atoms with Gasteiger partial charge in [0.25, 0.3) is 0 Å². The summed E-state index contributed by atoms with van der Waals surface area (Å²) >= 11 is 0. The van der Waals surface area contributed by atoms with E-state index in [0.717, 1.165) is 6.42 Å². The average molecular weight is 458 g/mol. The van der Waals surface area contributed by atoms with E-state index in [-0.39, 0.29) is 51.0 Å². The molecule has 0 saturated carbocycles. The molecule has 0 amide bonds. The Kier molecular flexibility index (Phi) is 9.23. The zero-order valence-corrected chi connectivity index (χ0v) is 18.0. The van der Waals surface area contributed by atoms with Gasteiger partial charge in [-0.05, 0) is 16.5 Å². The molecule has 0 saturated heterocycles. The van der Waals surface area contributed by atoms with E-state index in [1.165, 1.54) is 27.2 Å². The van der Waals surface area contributed by atoms with Crippen molar-refractivity contribution < 1.29 is 51.0 Å². The van der Waals surface area contributed by atoms with Gasteiger partial charge < -0.3 is 29.4 Å². The summed E-state index contributed by atoms with van der Waals surface area (Å²) in [6, 6.07) is 21.4. The zero-order valence-electron chi connectivity index (χ0n) is 14.1. The third-order valence-corrected chi connectivity index (χ3v) is 4.04. The minimum absolute atomic E-state index is 0. The van der Waals surface area contributed by atoms with E-state index in [0.29, 0.717) is 0 Å². The molecule has 1 aromatic heterocycles. The number of aromatic nitrogens is 1. The molecule has 26 heavy (non-hydrogen) atoms. The number of rotatable bonds is 1. The van der Waals surface area contributed by atoms with Crippen molar-refractivity contribution >= 4 is 21.5 Å². The molecule has 1 heterocycles. The third-order valence-electron chi connectivity index (χ3n) is 4.04. The van der Waals surface area contributed by atoms with E-state index in [2.05, 4.69) is 89.8 Å². The molecule has 0 radical (unpaired) electrons. The van der Waals surface area contributed by atoms with Crippen LogP contribution in [-0.2, 0) is 26.2 Å². The van der Waals surface area contributed by atoms with Gasteiger partial charge in [-0.1, -0.05) is 30.3 Å². The molecule has 3 aromatic carbocycles. The Hall–Kier alpha value is -1.47. The van der Waals surface area contributed by atoms with Crippen LogP contribution in [0.1, 0.15) is 6.42 Å². The summed E-state index contributed by atoms with van der Waals surface area (Å²) in [7, 11) is 0. The normalized spacial score (nSPS) is 11.2. The quantitative estimate of drug-likeness (QED) is 0.350. The van der Waals surface area contributed by atoms with E-state index in [1.54, 1.807) is 0 Å². The Labute approximate surface area is 185 Å². The molecule has 0 N–H and O–H groups in total. The first-order valence-electron chi connectivity index (χ1n) is 7.84. The molecular formula is C22H17Cl2NZr. The molecular weight excluding hydrogens is 440 g/mol. The van der Waals surface area contributed by atoms with Gasteiger partial charge in [0.15, 0.2) is 0 Å². The van der Waals surface area contributed by atoms with Crippen LogP contribution in [0.3, 0.4) is 0 Å². The van der Waals surface area contributed by atoms with Crippen LogP contribution < -0.4 is 24.8 Å². The van der Waals surface area contributed by atoms with E-state index < -0.39 is 0 Å². The average Bonchev–Trinajstić information content (AvgIpc) is 3.33. The van der Waals surface area contributed by atoms with Gasteiger partial charge in [-0.2, -0.15) is 6.08 Å². The molecule has 0 atom stereocenters. The third kappa shape index (κ3) is 5.04. The number of allylic oxidation sites excluding steroid dienone is 4. The summed E-state index contributed by atoms with van der Waals surface area (Å²) in [6.45, 7) is 0. The van der Waals surface area contributed by atoms with Crippen molar-refractivity contribution in [3.05, 3.63) is 97.4 Å². The molecule has 0 fully saturated rings. The number of benzene rings is 2.